The monoisotopic (exact) mass is 247 g/mol. The van der Waals surface area contributed by atoms with Crippen molar-refractivity contribution >= 4 is 18.3 Å². The van der Waals surface area contributed by atoms with E-state index in [1.54, 1.807) is 0 Å². The lowest BCUT2D eigenvalue weighted by Gasteiger charge is -2.38. The first-order chi connectivity index (χ1) is 7.20. The number of nitrogens with zero attached hydrogens (tertiary/aromatic N) is 1. The molecule has 1 amide bonds. The van der Waals surface area contributed by atoms with Crippen LogP contribution in [0, 0.1) is 0 Å². The van der Waals surface area contributed by atoms with Crippen molar-refractivity contribution in [2.24, 2.45) is 5.73 Å². The van der Waals surface area contributed by atoms with Crippen molar-refractivity contribution in [3.05, 3.63) is 0 Å². The molecular weight excluding hydrogens is 226 g/mol. The van der Waals surface area contributed by atoms with Gasteiger partial charge in [0.1, 0.15) is 0 Å². The van der Waals surface area contributed by atoms with E-state index < -0.39 is 0 Å². The summed E-state index contributed by atoms with van der Waals surface area (Å²) in [6.45, 7) is 3.56. The summed E-state index contributed by atoms with van der Waals surface area (Å²) in [6, 6.07) is 0. The zero-order valence-corrected chi connectivity index (χ0v) is 10.5. The van der Waals surface area contributed by atoms with Crippen LogP contribution in [0.4, 0.5) is 0 Å². The van der Waals surface area contributed by atoms with Gasteiger partial charge in [0.15, 0.2) is 0 Å². The fraction of sp³-hybridized carbons (Fsp3) is 0.909. The van der Waals surface area contributed by atoms with Crippen LogP contribution < -0.4 is 11.1 Å². The number of halogens is 1. The van der Waals surface area contributed by atoms with Gasteiger partial charge < -0.3 is 16.0 Å². The molecule has 1 heterocycles. The van der Waals surface area contributed by atoms with Crippen LogP contribution >= 0.6 is 12.4 Å². The molecule has 94 valence electrons. The van der Waals surface area contributed by atoms with E-state index in [2.05, 4.69) is 5.32 Å². The molecule has 4 nitrogen and oxygen atoms in total. The Balaban J connectivity index is 0.00000128. The molecule has 2 rings (SSSR count). The number of hydrogen-bond donors (Lipinski definition) is 2. The van der Waals surface area contributed by atoms with E-state index in [0.29, 0.717) is 5.91 Å². The first-order valence-corrected chi connectivity index (χ1v) is 5.97. The van der Waals surface area contributed by atoms with Gasteiger partial charge in [-0.15, -0.1) is 12.4 Å². The Labute approximate surface area is 103 Å². The molecule has 16 heavy (non-hydrogen) atoms. The van der Waals surface area contributed by atoms with E-state index in [9.17, 15) is 4.79 Å². The first kappa shape index (κ1) is 13.7. The molecule has 2 aliphatic rings. The SMILES string of the molecule is Cl.NC1(CNCCN2CCCC2=O)CCC1. The van der Waals surface area contributed by atoms with Crippen LogP contribution in [0.15, 0.2) is 0 Å². The molecule has 1 saturated carbocycles. The van der Waals surface area contributed by atoms with E-state index in [1.807, 2.05) is 4.90 Å². The molecule has 5 heteroatoms. The number of carbonyl (C=O) groups excluding carboxylic acids is 1. The Morgan fingerprint density at radius 2 is 2.12 bits per heavy atom. The van der Waals surface area contributed by atoms with Gasteiger partial charge in [0.05, 0.1) is 0 Å². The van der Waals surface area contributed by atoms with Crippen molar-refractivity contribution in [3.8, 4) is 0 Å². The Morgan fingerprint density at radius 1 is 1.38 bits per heavy atom. The minimum absolute atomic E-state index is 0. The zero-order chi connectivity index (χ0) is 10.7. The van der Waals surface area contributed by atoms with Crippen LogP contribution in [0.1, 0.15) is 32.1 Å². The average molecular weight is 248 g/mol. The summed E-state index contributed by atoms with van der Waals surface area (Å²) in [5.41, 5.74) is 6.13. The predicted octanol–water partition coefficient (Wildman–Crippen LogP) is 0.502. The van der Waals surface area contributed by atoms with Crippen LogP contribution in [0.2, 0.25) is 0 Å². The van der Waals surface area contributed by atoms with Crippen LogP contribution in [-0.2, 0) is 4.79 Å². The van der Waals surface area contributed by atoms with Gasteiger partial charge in [-0.3, -0.25) is 4.79 Å². The third-order valence-corrected chi connectivity index (χ3v) is 3.56. The molecule has 0 aromatic heterocycles. The number of nitrogens with one attached hydrogen (secondary N) is 1. The maximum Gasteiger partial charge on any atom is 0.222 e. The normalized spacial score (nSPS) is 22.8. The van der Waals surface area contributed by atoms with Crippen molar-refractivity contribution in [1.82, 2.24) is 10.2 Å². The van der Waals surface area contributed by atoms with Gasteiger partial charge in [0, 0.05) is 38.1 Å². The lowest BCUT2D eigenvalue weighted by atomic mass is 9.78. The third kappa shape index (κ3) is 3.34. The minimum Gasteiger partial charge on any atom is -0.341 e. The fourth-order valence-corrected chi connectivity index (χ4v) is 2.30. The quantitative estimate of drug-likeness (QED) is 0.696. The summed E-state index contributed by atoms with van der Waals surface area (Å²) in [6.07, 6.45) is 5.31. The molecule has 0 radical (unpaired) electrons. The van der Waals surface area contributed by atoms with E-state index in [4.69, 9.17) is 5.73 Å². The molecule has 1 saturated heterocycles. The number of carbonyl (C=O) groups is 1. The van der Waals surface area contributed by atoms with Crippen molar-refractivity contribution in [3.63, 3.8) is 0 Å². The first-order valence-electron chi connectivity index (χ1n) is 5.97. The van der Waals surface area contributed by atoms with Crippen LogP contribution in [-0.4, -0.2) is 42.5 Å². The zero-order valence-electron chi connectivity index (χ0n) is 9.71. The second-order valence-electron chi connectivity index (χ2n) is 4.88. The van der Waals surface area contributed by atoms with Crippen LogP contribution in [0.25, 0.3) is 0 Å². The third-order valence-electron chi connectivity index (χ3n) is 3.56. The molecule has 0 atom stereocenters. The molecule has 1 aliphatic heterocycles. The summed E-state index contributed by atoms with van der Waals surface area (Å²) >= 11 is 0. The lowest BCUT2D eigenvalue weighted by molar-refractivity contribution is -0.127. The summed E-state index contributed by atoms with van der Waals surface area (Å²) < 4.78 is 0. The smallest absolute Gasteiger partial charge is 0.222 e. The van der Waals surface area contributed by atoms with Gasteiger partial charge in [0.25, 0.3) is 0 Å². The second kappa shape index (κ2) is 5.84. The number of hydrogen-bond acceptors (Lipinski definition) is 3. The maximum atomic E-state index is 11.3. The van der Waals surface area contributed by atoms with E-state index in [0.717, 1.165) is 51.9 Å². The molecular formula is C11H22ClN3O. The lowest BCUT2D eigenvalue weighted by Crippen LogP contribution is -2.54. The summed E-state index contributed by atoms with van der Waals surface area (Å²) in [7, 11) is 0. The van der Waals surface area contributed by atoms with E-state index in [-0.39, 0.29) is 17.9 Å². The highest BCUT2D eigenvalue weighted by atomic mass is 35.5. The highest BCUT2D eigenvalue weighted by Gasteiger charge is 2.31. The summed E-state index contributed by atoms with van der Waals surface area (Å²) in [5, 5.41) is 3.36. The molecule has 0 aromatic rings. The number of rotatable bonds is 5. The second-order valence-corrected chi connectivity index (χ2v) is 4.88. The van der Waals surface area contributed by atoms with Crippen molar-refractivity contribution < 1.29 is 4.79 Å². The van der Waals surface area contributed by atoms with Gasteiger partial charge in [0.2, 0.25) is 5.91 Å². The highest BCUT2D eigenvalue weighted by Crippen LogP contribution is 2.27. The molecule has 0 unspecified atom stereocenters. The van der Waals surface area contributed by atoms with Gasteiger partial charge in [-0.25, -0.2) is 0 Å². The molecule has 3 N–H and O–H groups in total. The summed E-state index contributed by atoms with van der Waals surface area (Å²) in [4.78, 5) is 13.2. The minimum atomic E-state index is 0. The van der Waals surface area contributed by atoms with Crippen LogP contribution in [0.5, 0.6) is 0 Å². The molecule has 0 spiro atoms. The van der Waals surface area contributed by atoms with Crippen molar-refractivity contribution in [2.45, 2.75) is 37.6 Å². The molecule has 0 aromatic carbocycles. The van der Waals surface area contributed by atoms with Gasteiger partial charge in [-0.2, -0.15) is 0 Å². The number of nitrogens with two attached hydrogens (primary N) is 1. The summed E-state index contributed by atoms with van der Waals surface area (Å²) in [5.74, 6) is 0.308. The Hall–Kier alpha value is -0.320. The van der Waals surface area contributed by atoms with Crippen LogP contribution in [0.3, 0.4) is 0 Å². The van der Waals surface area contributed by atoms with Crippen molar-refractivity contribution in [1.29, 1.82) is 0 Å². The number of likely N-dealkylation sites (tertiary alicyclic amines) is 1. The topological polar surface area (TPSA) is 58.4 Å². The molecule has 0 bridgehead atoms. The van der Waals surface area contributed by atoms with E-state index in [1.165, 1.54) is 6.42 Å². The molecule has 2 fully saturated rings. The Kier molecular flexibility index (Phi) is 5.02. The highest BCUT2D eigenvalue weighted by molar-refractivity contribution is 5.85. The fourth-order valence-electron chi connectivity index (χ4n) is 2.30. The van der Waals surface area contributed by atoms with Gasteiger partial charge in [-0.1, -0.05) is 0 Å². The predicted molar refractivity (Wildman–Crippen MR) is 66.7 cm³/mol. The number of amides is 1. The Morgan fingerprint density at radius 3 is 2.62 bits per heavy atom. The van der Waals surface area contributed by atoms with Gasteiger partial charge >= 0.3 is 0 Å². The largest absolute Gasteiger partial charge is 0.341 e. The maximum absolute atomic E-state index is 11.3. The van der Waals surface area contributed by atoms with Gasteiger partial charge in [-0.05, 0) is 25.7 Å². The average Bonchev–Trinajstić information content (AvgIpc) is 2.56. The molecule has 1 aliphatic carbocycles. The Bertz CT molecular complexity index is 243. The van der Waals surface area contributed by atoms with E-state index >= 15 is 0 Å². The standard InChI is InChI=1S/C11H21N3O.ClH/c12-11(4-2-5-11)9-13-6-8-14-7-1-3-10(14)15;/h13H,1-9,12H2;1H. The van der Waals surface area contributed by atoms with Crippen molar-refractivity contribution in [2.75, 3.05) is 26.2 Å².